The maximum Gasteiger partial charge on any atom is 0.306 e. The SMILES string of the molecule is CCCCCCCCCCCCCCCCCCCCCCCCCCCCCCCCCCCCCCCCCCCC(=O)OC(COC(=O)CCCCCCCCCCCCCC)COP(=O)([O-])OCC[N+](C)(C)C. The Labute approximate surface area is 480 Å². The molecule has 0 aromatic heterocycles. The average Bonchev–Trinajstić information content (AvgIpc) is 3.39. The van der Waals surface area contributed by atoms with Gasteiger partial charge in [0.05, 0.1) is 27.7 Å². The lowest BCUT2D eigenvalue weighted by atomic mass is 10.0. The molecule has 0 fully saturated rings. The first-order valence-corrected chi connectivity index (χ1v) is 35.7. The number of nitrogens with zero attached hydrogens (tertiary/aromatic N) is 1. The Bertz CT molecular complexity index is 1260. The third-order valence-electron chi connectivity index (χ3n) is 15.9. The molecule has 0 heterocycles. The molecule has 0 aliphatic carbocycles. The standard InChI is InChI=1S/C67H134NO8P/c1-6-8-10-12-14-16-18-20-21-22-23-24-25-26-27-28-29-30-31-32-33-34-35-36-37-38-39-40-41-42-43-44-45-46-47-48-50-52-54-56-58-60-67(70)76-65(64-75-77(71,72)74-62-61-68(3,4)5)63-73-66(69)59-57-55-53-51-49-19-17-15-13-11-9-7-2/h65H,6-64H2,1-5H3. The zero-order valence-corrected chi connectivity index (χ0v) is 53.4. The van der Waals surface area contributed by atoms with Crippen LogP contribution in [0.3, 0.4) is 0 Å². The van der Waals surface area contributed by atoms with E-state index in [-0.39, 0.29) is 32.0 Å². The van der Waals surface area contributed by atoms with Crippen LogP contribution in [0, 0.1) is 0 Å². The predicted molar refractivity (Wildman–Crippen MR) is 329 cm³/mol. The van der Waals surface area contributed by atoms with Crippen molar-refractivity contribution in [2.75, 3.05) is 47.5 Å². The number of hydrogen-bond acceptors (Lipinski definition) is 8. The second kappa shape index (κ2) is 59.6. The second-order valence-corrected chi connectivity index (χ2v) is 26.3. The summed E-state index contributed by atoms with van der Waals surface area (Å²) >= 11 is 0. The van der Waals surface area contributed by atoms with E-state index in [0.29, 0.717) is 17.4 Å². The molecule has 77 heavy (non-hydrogen) atoms. The van der Waals surface area contributed by atoms with E-state index in [2.05, 4.69) is 13.8 Å². The van der Waals surface area contributed by atoms with Crippen molar-refractivity contribution in [3.05, 3.63) is 0 Å². The number of phosphoric ester groups is 1. The monoisotopic (exact) mass is 1110 g/mol. The van der Waals surface area contributed by atoms with E-state index in [1.54, 1.807) is 0 Å². The zero-order valence-electron chi connectivity index (χ0n) is 52.5. The van der Waals surface area contributed by atoms with E-state index in [4.69, 9.17) is 18.5 Å². The molecular formula is C67H134NO8P. The second-order valence-electron chi connectivity index (χ2n) is 24.9. The number of ether oxygens (including phenoxy) is 2. The highest BCUT2D eigenvalue weighted by molar-refractivity contribution is 7.45. The van der Waals surface area contributed by atoms with Crippen molar-refractivity contribution in [2.24, 2.45) is 0 Å². The minimum absolute atomic E-state index is 0.0252. The van der Waals surface area contributed by atoms with E-state index < -0.39 is 26.5 Å². The molecule has 0 bridgehead atoms. The van der Waals surface area contributed by atoms with Crippen LogP contribution >= 0.6 is 7.82 Å². The molecule has 0 saturated carbocycles. The van der Waals surface area contributed by atoms with Crippen molar-refractivity contribution in [1.82, 2.24) is 0 Å². The van der Waals surface area contributed by atoms with Crippen LogP contribution in [-0.2, 0) is 32.7 Å². The summed E-state index contributed by atoms with van der Waals surface area (Å²) in [5, 5.41) is 0. The van der Waals surface area contributed by atoms with Gasteiger partial charge in [-0.2, -0.15) is 0 Å². The minimum atomic E-state index is -4.63. The molecule has 2 atom stereocenters. The van der Waals surface area contributed by atoms with Crippen LogP contribution in [-0.4, -0.2) is 70.0 Å². The highest BCUT2D eigenvalue weighted by Gasteiger charge is 2.22. The predicted octanol–water partition coefficient (Wildman–Crippen LogP) is 21.1. The summed E-state index contributed by atoms with van der Waals surface area (Å²) < 4.78 is 34.2. The maximum atomic E-state index is 12.8. The lowest BCUT2D eigenvalue weighted by molar-refractivity contribution is -0.870. The van der Waals surface area contributed by atoms with Gasteiger partial charge in [0, 0.05) is 12.8 Å². The Balaban J connectivity index is 3.76. The number of quaternary nitrogens is 1. The normalized spacial score (nSPS) is 13.1. The molecule has 460 valence electrons. The number of likely N-dealkylation sites (N-methyl/N-ethyl adjacent to an activating group) is 1. The van der Waals surface area contributed by atoms with Gasteiger partial charge >= 0.3 is 11.9 Å². The summed E-state index contributed by atoms with van der Waals surface area (Å²) in [5.41, 5.74) is 0. The van der Waals surface area contributed by atoms with Crippen molar-refractivity contribution < 1.29 is 42.1 Å². The van der Waals surface area contributed by atoms with Crippen LogP contribution in [0.2, 0.25) is 0 Å². The van der Waals surface area contributed by atoms with E-state index >= 15 is 0 Å². The summed E-state index contributed by atoms with van der Waals surface area (Å²) in [6.07, 6.45) is 70.8. The first kappa shape index (κ1) is 76.0. The summed E-state index contributed by atoms with van der Waals surface area (Å²) in [7, 11) is 1.19. The molecule has 0 aromatic carbocycles. The number of unbranched alkanes of at least 4 members (excludes halogenated alkanes) is 51. The first-order chi connectivity index (χ1) is 37.5. The fourth-order valence-corrected chi connectivity index (χ4v) is 11.3. The van der Waals surface area contributed by atoms with Crippen molar-refractivity contribution in [2.45, 2.75) is 373 Å². The number of carbonyl (C=O) groups excluding carboxylic acids is 2. The third-order valence-corrected chi connectivity index (χ3v) is 16.8. The number of hydrogen-bond donors (Lipinski definition) is 0. The van der Waals surface area contributed by atoms with Crippen LogP contribution in [0.1, 0.15) is 367 Å². The van der Waals surface area contributed by atoms with Gasteiger partial charge in [-0.05, 0) is 12.8 Å². The molecule has 0 radical (unpaired) electrons. The van der Waals surface area contributed by atoms with Gasteiger partial charge in [0.25, 0.3) is 7.82 Å². The lowest BCUT2D eigenvalue weighted by Crippen LogP contribution is -2.37. The van der Waals surface area contributed by atoms with Gasteiger partial charge < -0.3 is 27.9 Å². The smallest absolute Gasteiger partial charge is 0.306 e. The van der Waals surface area contributed by atoms with Crippen molar-refractivity contribution in [3.63, 3.8) is 0 Å². The quantitative estimate of drug-likeness (QED) is 0.0256. The van der Waals surface area contributed by atoms with E-state index in [1.165, 1.54) is 302 Å². The highest BCUT2D eigenvalue weighted by Crippen LogP contribution is 2.38. The van der Waals surface area contributed by atoms with Crippen LogP contribution in [0.5, 0.6) is 0 Å². The molecule has 9 nitrogen and oxygen atoms in total. The van der Waals surface area contributed by atoms with Crippen molar-refractivity contribution in [3.8, 4) is 0 Å². The summed E-state index contributed by atoms with van der Waals surface area (Å²) in [5.74, 6) is -0.811. The number of carbonyl (C=O) groups is 2. The van der Waals surface area contributed by atoms with Gasteiger partial charge in [0.1, 0.15) is 19.8 Å². The van der Waals surface area contributed by atoms with Gasteiger partial charge in [-0.15, -0.1) is 0 Å². The molecule has 0 N–H and O–H groups in total. The Morgan fingerprint density at radius 1 is 0.351 bits per heavy atom. The minimum Gasteiger partial charge on any atom is -0.756 e. The van der Waals surface area contributed by atoms with Crippen LogP contribution in [0.25, 0.3) is 0 Å². The van der Waals surface area contributed by atoms with E-state index in [9.17, 15) is 19.0 Å². The summed E-state index contributed by atoms with van der Waals surface area (Å²) in [4.78, 5) is 37.8. The Morgan fingerprint density at radius 3 is 0.831 bits per heavy atom. The molecule has 2 unspecified atom stereocenters. The largest absolute Gasteiger partial charge is 0.756 e. The van der Waals surface area contributed by atoms with Crippen LogP contribution in [0.15, 0.2) is 0 Å². The fourth-order valence-electron chi connectivity index (χ4n) is 10.6. The van der Waals surface area contributed by atoms with Crippen LogP contribution in [0.4, 0.5) is 0 Å². The summed E-state index contributed by atoms with van der Waals surface area (Å²) in [6, 6.07) is 0. The molecule has 10 heteroatoms. The van der Waals surface area contributed by atoms with Crippen molar-refractivity contribution >= 4 is 19.8 Å². The maximum absolute atomic E-state index is 12.8. The lowest BCUT2D eigenvalue weighted by Gasteiger charge is -2.28. The zero-order chi connectivity index (χ0) is 56.3. The van der Waals surface area contributed by atoms with Crippen LogP contribution < -0.4 is 4.89 Å². The Morgan fingerprint density at radius 2 is 0.584 bits per heavy atom. The fraction of sp³-hybridized carbons (Fsp3) is 0.970. The van der Waals surface area contributed by atoms with Gasteiger partial charge in [0.2, 0.25) is 0 Å². The van der Waals surface area contributed by atoms with E-state index in [1.807, 2.05) is 21.1 Å². The Hall–Kier alpha value is -0.990. The number of rotatable bonds is 65. The van der Waals surface area contributed by atoms with Crippen molar-refractivity contribution in [1.29, 1.82) is 0 Å². The highest BCUT2D eigenvalue weighted by atomic mass is 31.2. The van der Waals surface area contributed by atoms with Gasteiger partial charge in [-0.25, -0.2) is 0 Å². The number of esters is 2. The molecular weight excluding hydrogens is 978 g/mol. The average molecular weight is 1110 g/mol. The molecule has 0 rings (SSSR count). The third kappa shape index (κ3) is 64.1. The van der Waals surface area contributed by atoms with Gasteiger partial charge in [-0.3, -0.25) is 14.2 Å². The molecule has 0 spiro atoms. The molecule has 0 aliphatic rings. The Kier molecular flexibility index (Phi) is 58.9. The topological polar surface area (TPSA) is 111 Å². The van der Waals surface area contributed by atoms with Gasteiger partial charge in [0.15, 0.2) is 6.10 Å². The summed E-state index contributed by atoms with van der Waals surface area (Å²) in [6.45, 7) is 4.30. The number of phosphoric acid groups is 1. The molecule has 0 aromatic rings. The molecule has 0 aliphatic heterocycles. The molecule has 0 saturated heterocycles. The molecule has 0 amide bonds. The van der Waals surface area contributed by atoms with E-state index in [0.717, 1.165) is 32.1 Å². The first-order valence-electron chi connectivity index (χ1n) is 34.2. The van der Waals surface area contributed by atoms with Gasteiger partial charge in [-0.1, -0.05) is 341 Å².